The van der Waals surface area contributed by atoms with Crippen LogP contribution in [0.5, 0.6) is 17.2 Å². The van der Waals surface area contributed by atoms with Crippen molar-refractivity contribution in [2.45, 2.75) is 19.6 Å². The summed E-state index contributed by atoms with van der Waals surface area (Å²) >= 11 is 0. The van der Waals surface area contributed by atoms with E-state index in [1.807, 2.05) is 35.8 Å². The zero-order valence-corrected chi connectivity index (χ0v) is 13.3. The number of fused-ring (bicyclic) bond motifs is 2. The van der Waals surface area contributed by atoms with Gasteiger partial charge in [-0.05, 0) is 31.2 Å². The Kier molecular flexibility index (Phi) is 3.74. The molecule has 3 aromatic rings. The summed E-state index contributed by atoms with van der Waals surface area (Å²) in [6.45, 7) is 2.78. The van der Waals surface area contributed by atoms with Crippen LogP contribution in [0.3, 0.4) is 0 Å². The number of benzene rings is 2. The summed E-state index contributed by atoms with van der Waals surface area (Å²) in [5.74, 6) is 2.89. The first kappa shape index (κ1) is 14.8. The SMILES string of the molecule is Cc1nc2ccccc2n1C[C@@H](O)COc1ccc2c(c1)OCO2. The Labute approximate surface area is 139 Å². The van der Waals surface area contributed by atoms with Crippen molar-refractivity contribution >= 4 is 11.0 Å². The molecule has 124 valence electrons. The van der Waals surface area contributed by atoms with Gasteiger partial charge in [0.15, 0.2) is 11.5 Å². The van der Waals surface area contributed by atoms with Crippen LogP contribution in [0.25, 0.3) is 11.0 Å². The van der Waals surface area contributed by atoms with Gasteiger partial charge in [0.2, 0.25) is 6.79 Å². The smallest absolute Gasteiger partial charge is 0.231 e. The number of imidazole rings is 1. The average Bonchev–Trinajstić information content (AvgIpc) is 3.17. The summed E-state index contributed by atoms with van der Waals surface area (Å²) < 4.78 is 18.3. The number of aromatic nitrogens is 2. The molecule has 1 aliphatic heterocycles. The minimum atomic E-state index is -0.647. The van der Waals surface area contributed by atoms with Gasteiger partial charge in [0.25, 0.3) is 0 Å². The first-order chi connectivity index (χ1) is 11.7. The third-order valence-corrected chi connectivity index (χ3v) is 4.03. The average molecular weight is 326 g/mol. The Balaban J connectivity index is 1.43. The fourth-order valence-corrected chi connectivity index (χ4v) is 2.85. The molecular weight excluding hydrogens is 308 g/mol. The summed E-state index contributed by atoms with van der Waals surface area (Å²) in [6, 6.07) is 13.3. The van der Waals surface area contributed by atoms with E-state index in [4.69, 9.17) is 14.2 Å². The molecule has 0 radical (unpaired) electrons. The lowest BCUT2D eigenvalue weighted by molar-refractivity contribution is 0.0928. The number of rotatable bonds is 5. The predicted molar refractivity (Wildman–Crippen MR) is 88.5 cm³/mol. The summed E-state index contributed by atoms with van der Waals surface area (Å²) in [6.07, 6.45) is -0.647. The van der Waals surface area contributed by atoms with Gasteiger partial charge >= 0.3 is 0 Å². The molecule has 4 rings (SSSR count). The van der Waals surface area contributed by atoms with Crippen molar-refractivity contribution in [3.05, 3.63) is 48.3 Å². The monoisotopic (exact) mass is 326 g/mol. The predicted octanol–water partition coefficient (Wildman–Crippen LogP) is 2.51. The summed E-state index contributed by atoms with van der Waals surface area (Å²) in [5.41, 5.74) is 1.94. The Hall–Kier alpha value is -2.73. The lowest BCUT2D eigenvalue weighted by atomic mass is 10.3. The number of para-hydroxylation sites is 2. The normalized spacial score (nSPS) is 14.1. The minimum absolute atomic E-state index is 0.186. The Morgan fingerprint density at radius 2 is 2.04 bits per heavy atom. The van der Waals surface area contributed by atoms with Gasteiger partial charge in [-0.15, -0.1) is 0 Å². The van der Waals surface area contributed by atoms with E-state index in [0.29, 0.717) is 23.8 Å². The number of nitrogens with zero attached hydrogens (tertiary/aromatic N) is 2. The lowest BCUT2D eigenvalue weighted by Crippen LogP contribution is -2.24. The third kappa shape index (κ3) is 2.76. The first-order valence-corrected chi connectivity index (χ1v) is 7.83. The van der Waals surface area contributed by atoms with Crippen LogP contribution in [0.4, 0.5) is 0 Å². The van der Waals surface area contributed by atoms with E-state index in [9.17, 15) is 5.11 Å². The number of aliphatic hydroxyl groups is 1. The van der Waals surface area contributed by atoms with Crippen LogP contribution in [-0.2, 0) is 6.54 Å². The molecule has 0 unspecified atom stereocenters. The van der Waals surface area contributed by atoms with Gasteiger partial charge in [0, 0.05) is 6.07 Å². The fraction of sp³-hybridized carbons (Fsp3) is 0.278. The van der Waals surface area contributed by atoms with Crippen molar-refractivity contribution in [1.82, 2.24) is 9.55 Å². The largest absolute Gasteiger partial charge is 0.491 e. The van der Waals surface area contributed by atoms with Crippen molar-refractivity contribution in [3.8, 4) is 17.2 Å². The highest BCUT2D eigenvalue weighted by molar-refractivity contribution is 5.75. The maximum absolute atomic E-state index is 10.3. The number of aliphatic hydroxyl groups excluding tert-OH is 1. The van der Waals surface area contributed by atoms with Gasteiger partial charge in [-0.2, -0.15) is 0 Å². The van der Waals surface area contributed by atoms with Crippen LogP contribution in [0.2, 0.25) is 0 Å². The number of ether oxygens (including phenoxy) is 3. The van der Waals surface area contributed by atoms with E-state index in [0.717, 1.165) is 16.9 Å². The minimum Gasteiger partial charge on any atom is -0.491 e. The Morgan fingerprint density at radius 3 is 2.96 bits per heavy atom. The van der Waals surface area contributed by atoms with Crippen LogP contribution in [0, 0.1) is 6.92 Å². The lowest BCUT2D eigenvalue weighted by Gasteiger charge is -2.15. The second kappa shape index (κ2) is 6.05. The molecule has 24 heavy (non-hydrogen) atoms. The van der Waals surface area contributed by atoms with Gasteiger partial charge < -0.3 is 23.9 Å². The molecular formula is C18H18N2O4. The molecule has 0 amide bonds. The second-order valence-electron chi connectivity index (χ2n) is 5.74. The van der Waals surface area contributed by atoms with Crippen molar-refractivity contribution in [2.24, 2.45) is 0 Å². The topological polar surface area (TPSA) is 65.7 Å². The quantitative estimate of drug-likeness (QED) is 0.780. The maximum Gasteiger partial charge on any atom is 0.231 e. The molecule has 0 spiro atoms. The van der Waals surface area contributed by atoms with Crippen LogP contribution < -0.4 is 14.2 Å². The number of hydrogen-bond donors (Lipinski definition) is 1. The summed E-state index contributed by atoms with van der Waals surface area (Å²) in [5, 5.41) is 10.3. The van der Waals surface area contributed by atoms with E-state index in [-0.39, 0.29) is 13.4 Å². The highest BCUT2D eigenvalue weighted by atomic mass is 16.7. The molecule has 1 aromatic heterocycles. The van der Waals surface area contributed by atoms with Gasteiger partial charge in [-0.1, -0.05) is 12.1 Å². The van der Waals surface area contributed by atoms with E-state index in [1.54, 1.807) is 18.2 Å². The highest BCUT2D eigenvalue weighted by Crippen LogP contribution is 2.35. The van der Waals surface area contributed by atoms with Gasteiger partial charge in [0.1, 0.15) is 24.3 Å². The van der Waals surface area contributed by atoms with Gasteiger partial charge in [-0.25, -0.2) is 4.98 Å². The molecule has 0 fully saturated rings. The Bertz CT molecular complexity index is 875. The zero-order chi connectivity index (χ0) is 16.5. The van der Waals surface area contributed by atoms with E-state index in [1.165, 1.54) is 0 Å². The molecule has 1 N–H and O–H groups in total. The molecule has 0 aliphatic carbocycles. The van der Waals surface area contributed by atoms with Crippen LogP contribution in [-0.4, -0.2) is 34.2 Å². The van der Waals surface area contributed by atoms with Crippen LogP contribution in [0.15, 0.2) is 42.5 Å². The van der Waals surface area contributed by atoms with Crippen LogP contribution in [0.1, 0.15) is 5.82 Å². The molecule has 2 heterocycles. The molecule has 0 bridgehead atoms. The number of hydrogen-bond acceptors (Lipinski definition) is 5. The molecule has 0 saturated heterocycles. The molecule has 1 atom stereocenters. The number of aryl methyl sites for hydroxylation is 1. The van der Waals surface area contributed by atoms with Crippen molar-refractivity contribution in [2.75, 3.05) is 13.4 Å². The third-order valence-electron chi connectivity index (χ3n) is 4.03. The van der Waals surface area contributed by atoms with E-state index in [2.05, 4.69) is 4.98 Å². The molecule has 2 aromatic carbocycles. The standard InChI is InChI=1S/C18H18N2O4/c1-12-19-15-4-2-3-5-16(15)20(12)9-13(21)10-22-14-6-7-17-18(8-14)24-11-23-17/h2-8,13,21H,9-11H2,1H3/t13-/m1/s1. The van der Waals surface area contributed by atoms with E-state index < -0.39 is 6.10 Å². The zero-order valence-electron chi connectivity index (χ0n) is 13.3. The van der Waals surface area contributed by atoms with Crippen molar-refractivity contribution in [1.29, 1.82) is 0 Å². The second-order valence-corrected chi connectivity index (χ2v) is 5.74. The Morgan fingerprint density at radius 1 is 1.21 bits per heavy atom. The van der Waals surface area contributed by atoms with E-state index >= 15 is 0 Å². The highest BCUT2D eigenvalue weighted by Gasteiger charge is 2.15. The molecule has 1 aliphatic rings. The van der Waals surface area contributed by atoms with Crippen molar-refractivity contribution < 1.29 is 19.3 Å². The molecule has 6 nitrogen and oxygen atoms in total. The summed E-state index contributed by atoms with van der Waals surface area (Å²) in [4.78, 5) is 4.50. The van der Waals surface area contributed by atoms with Crippen molar-refractivity contribution in [3.63, 3.8) is 0 Å². The molecule has 6 heteroatoms. The van der Waals surface area contributed by atoms with Gasteiger partial charge in [0.05, 0.1) is 17.6 Å². The fourth-order valence-electron chi connectivity index (χ4n) is 2.85. The van der Waals surface area contributed by atoms with Crippen LogP contribution >= 0.6 is 0 Å². The summed E-state index contributed by atoms with van der Waals surface area (Å²) in [7, 11) is 0. The van der Waals surface area contributed by atoms with Gasteiger partial charge in [-0.3, -0.25) is 0 Å². The molecule has 0 saturated carbocycles. The first-order valence-electron chi connectivity index (χ1n) is 7.83. The maximum atomic E-state index is 10.3.